The molecule has 2 aromatic heterocycles. The molecule has 5 heteroatoms. The van der Waals surface area contributed by atoms with Gasteiger partial charge < -0.3 is 14.5 Å². The Hall–Kier alpha value is -3.34. The molecule has 0 unspecified atom stereocenters. The normalized spacial score (nSPS) is 10.7. The molecule has 5 nitrogen and oxygen atoms in total. The average molecular weight is 320 g/mol. The molecule has 0 aliphatic carbocycles. The number of aromatic nitrogens is 1. The lowest BCUT2D eigenvalue weighted by atomic mass is 10.2. The monoisotopic (exact) mass is 320 g/mol. The number of pyridine rings is 1. The molecule has 0 aliphatic rings. The molecular formula is C19H16N2O3. The van der Waals surface area contributed by atoms with E-state index in [1.54, 1.807) is 42.9 Å². The Balaban J connectivity index is 1.65. The summed E-state index contributed by atoms with van der Waals surface area (Å²) in [5.41, 5.74) is 1.60. The highest BCUT2D eigenvalue weighted by Gasteiger charge is 2.05. The molecule has 120 valence electrons. The summed E-state index contributed by atoms with van der Waals surface area (Å²) in [7, 11) is 0. The number of amides is 1. The molecule has 2 heterocycles. The van der Waals surface area contributed by atoms with E-state index in [9.17, 15) is 4.79 Å². The molecule has 1 amide bonds. The number of ether oxygens (including phenoxy) is 1. The Morgan fingerprint density at radius 1 is 1.25 bits per heavy atom. The topological polar surface area (TPSA) is 64.4 Å². The number of nitrogens with one attached hydrogen (secondary N) is 1. The number of aryl methyl sites for hydroxylation is 1. The second-order valence-electron chi connectivity index (χ2n) is 5.11. The Kier molecular flexibility index (Phi) is 4.72. The maximum atomic E-state index is 11.9. The molecule has 1 N–H and O–H groups in total. The molecular weight excluding hydrogens is 304 g/mol. The zero-order valence-electron chi connectivity index (χ0n) is 13.1. The number of rotatable bonds is 5. The maximum absolute atomic E-state index is 11.9. The largest absolute Gasteiger partial charge is 0.465 e. The SMILES string of the molecule is Cc1cc(NC(=O)C=Cc2ccco2)ccc1Oc1cccnc1. The highest BCUT2D eigenvalue weighted by molar-refractivity contribution is 6.01. The Morgan fingerprint density at radius 3 is 2.88 bits per heavy atom. The van der Waals surface area contributed by atoms with Gasteiger partial charge >= 0.3 is 0 Å². The zero-order valence-corrected chi connectivity index (χ0v) is 13.1. The number of carbonyl (C=O) groups is 1. The lowest BCUT2D eigenvalue weighted by Crippen LogP contribution is -2.07. The molecule has 0 fully saturated rings. The van der Waals surface area contributed by atoms with Crippen LogP contribution in [0.3, 0.4) is 0 Å². The number of nitrogens with zero attached hydrogens (tertiary/aromatic N) is 1. The smallest absolute Gasteiger partial charge is 0.248 e. The molecule has 0 spiro atoms. The van der Waals surface area contributed by atoms with Crippen LogP contribution < -0.4 is 10.1 Å². The zero-order chi connectivity index (χ0) is 16.8. The molecule has 0 aliphatic heterocycles. The molecule has 0 saturated carbocycles. The van der Waals surface area contributed by atoms with Crippen molar-refractivity contribution in [2.75, 3.05) is 5.32 Å². The second-order valence-corrected chi connectivity index (χ2v) is 5.11. The van der Waals surface area contributed by atoms with Gasteiger partial charge in [0, 0.05) is 18.0 Å². The van der Waals surface area contributed by atoms with Crippen LogP contribution >= 0.6 is 0 Å². The lowest BCUT2D eigenvalue weighted by molar-refractivity contribution is -0.111. The number of furan rings is 1. The molecule has 24 heavy (non-hydrogen) atoms. The third-order valence-electron chi connectivity index (χ3n) is 3.25. The van der Waals surface area contributed by atoms with E-state index in [0.29, 0.717) is 22.9 Å². The minimum Gasteiger partial charge on any atom is -0.465 e. The van der Waals surface area contributed by atoms with Gasteiger partial charge in [0.05, 0.1) is 12.5 Å². The quantitative estimate of drug-likeness (QED) is 0.706. The fourth-order valence-electron chi connectivity index (χ4n) is 2.10. The summed E-state index contributed by atoms with van der Waals surface area (Å²) >= 11 is 0. The van der Waals surface area contributed by atoms with Gasteiger partial charge in [0.15, 0.2) is 0 Å². The number of hydrogen-bond acceptors (Lipinski definition) is 4. The summed E-state index contributed by atoms with van der Waals surface area (Å²) in [4.78, 5) is 15.9. The maximum Gasteiger partial charge on any atom is 0.248 e. The van der Waals surface area contributed by atoms with Crippen molar-refractivity contribution in [2.45, 2.75) is 6.92 Å². The van der Waals surface area contributed by atoms with E-state index >= 15 is 0 Å². The third kappa shape index (κ3) is 4.10. The van der Waals surface area contributed by atoms with Crippen molar-refractivity contribution >= 4 is 17.7 Å². The minimum atomic E-state index is -0.230. The molecule has 0 atom stereocenters. The van der Waals surface area contributed by atoms with Crippen molar-refractivity contribution in [3.8, 4) is 11.5 Å². The average Bonchev–Trinajstić information content (AvgIpc) is 3.10. The van der Waals surface area contributed by atoms with Crippen LogP contribution in [0.25, 0.3) is 6.08 Å². The van der Waals surface area contributed by atoms with Gasteiger partial charge in [-0.05, 0) is 61.0 Å². The minimum absolute atomic E-state index is 0.230. The van der Waals surface area contributed by atoms with E-state index in [4.69, 9.17) is 9.15 Å². The molecule has 3 aromatic rings. The fourth-order valence-corrected chi connectivity index (χ4v) is 2.10. The second kappa shape index (κ2) is 7.28. The van der Waals surface area contributed by atoms with E-state index in [2.05, 4.69) is 10.3 Å². The first kappa shape index (κ1) is 15.6. The van der Waals surface area contributed by atoms with Crippen molar-refractivity contribution in [3.05, 3.63) is 78.5 Å². The van der Waals surface area contributed by atoms with Gasteiger partial charge in [-0.2, -0.15) is 0 Å². The first-order valence-electron chi connectivity index (χ1n) is 7.42. The van der Waals surface area contributed by atoms with Gasteiger partial charge in [-0.3, -0.25) is 9.78 Å². The van der Waals surface area contributed by atoms with E-state index in [1.165, 1.54) is 6.08 Å². The third-order valence-corrected chi connectivity index (χ3v) is 3.25. The molecule has 3 rings (SSSR count). The van der Waals surface area contributed by atoms with Crippen molar-refractivity contribution < 1.29 is 13.9 Å². The lowest BCUT2D eigenvalue weighted by Gasteiger charge is -2.10. The molecule has 1 aromatic carbocycles. The first-order valence-corrected chi connectivity index (χ1v) is 7.42. The van der Waals surface area contributed by atoms with E-state index in [1.807, 2.05) is 31.2 Å². The number of hydrogen-bond donors (Lipinski definition) is 1. The Labute approximate surface area is 139 Å². The van der Waals surface area contributed by atoms with E-state index in [-0.39, 0.29) is 5.91 Å². The van der Waals surface area contributed by atoms with Gasteiger partial charge in [0.2, 0.25) is 5.91 Å². The van der Waals surface area contributed by atoms with Crippen LogP contribution in [-0.2, 0) is 4.79 Å². The molecule has 0 saturated heterocycles. The van der Waals surface area contributed by atoms with Crippen molar-refractivity contribution in [1.82, 2.24) is 4.98 Å². The van der Waals surface area contributed by atoms with Gasteiger partial charge in [-0.25, -0.2) is 0 Å². The van der Waals surface area contributed by atoms with Crippen LogP contribution in [0.15, 0.2) is 71.6 Å². The van der Waals surface area contributed by atoms with Crippen LogP contribution in [-0.4, -0.2) is 10.9 Å². The molecule has 0 bridgehead atoms. The summed E-state index contributed by atoms with van der Waals surface area (Å²) in [5, 5.41) is 2.80. The first-order chi connectivity index (χ1) is 11.7. The van der Waals surface area contributed by atoms with Gasteiger partial charge in [0.1, 0.15) is 17.3 Å². The van der Waals surface area contributed by atoms with Crippen molar-refractivity contribution in [1.29, 1.82) is 0 Å². The fraction of sp³-hybridized carbons (Fsp3) is 0.0526. The van der Waals surface area contributed by atoms with Crippen molar-refractivity contribution in [2.24, 2.45) is 0 Å². The summed E-state index contributed by atoms with van der Waals surface area (Å²) in [6, 6.07) is 12.6. The van der Waals surface area contributed by atoms with E-state index in [0.717, 1.165) is 5.56 Å². The number of anilines is 1. The van der Waals surface area contributed by atoms with Crippen LogP contribution in [0.4, 0.5) is 5.69 Å². The van der Waals surface area contributed by atoms with Gasteiger partial charge in [-0.1, -0.05) is 0 Å². The van der Waals surface area contributed by atoms with Crippen molar-refractivity contribution in [3.63, 3.8) is 0 Å². The van der Waals surface area contributed by atoms with Crippen LogP contribution in [0.5, 0.6) is 11.5 Å². The Morgan fingerprint density at radius 2 is 2.17 bits per heavy atom. The number of benzene rings is 1. The summed E-state index contributed by atoms with van der Waals surface area (Å²) in [6.45, 7) is 1.92. The summed E-state index contributed by atoms with van der Waals surface area (Å²) in [5.74, 6) is 1.78. The molecule has 0 radical (unpaired) electrons. The predicted octanol–water partition coefficient (Wildman–Crippen LogP) is 4.43. The van der Waals surface area contributed by atoms with Gasteiger partial charge in [-0.15, -0.1) is 0 Å². The standard InChI is InChI=1S/C19H16N2O3/c1-14-12-15(21-19(22)9-7-16-5-3-11-23-16)6-8-18(14)24-17-4-2-10-20-13-17/h2-13H,1H3,(H,21,22). The van der Waals surface area contributed by atoms with Crippen LogP contribution in [0.2, 0.25) is 0 Å². The van der Waals surface area contributed by atoms with Gasteiger partial charge in [0.25, 0.3) is 0 Å². The van der Waals surface area contributed by atoms with E-state index < -0.39 is 0 Å². The van der Waals surface area contributed by atoms with Crippen LogP contribution in [0.1, 0.15) is 11.3 Å². The van der Waals surface area contributed by atoms with Crippen LogP contribution in [0, 0.1) is 6.92 Å². The predicted molar refractivity (Wildman–Crippen MR) is 91.9 cm³/mol. The highest BCUT2D eigenvalue weighted by atomic mass is 16.5. The summed E-state index contributed by atoms with van der Waals surface area (Å²) < 4.78 is 10.9. The highest BCUT2D eigenvalue weighted by Crippen LogP contribution is 2.26. The number of carbonyl (C=O) groups excluding carboxylic acids is 1. The Bertz CT molecular complexity index is 840. The summed E-state index contributed by atoms with van der Waals surface area (Å²) in [6.07, 6.45) is 7.93.